The molecule has 1 aliphatic rings. The molecule has 0 spiro atoms. The summed E-state index contributed by atoms with van der Waals surface area (Å²) >= 11 is 1.86. The molecule has 1 aliphatic carbocycles. The summed E-state index contributed by atoms with van der Waals surface area (Å²) in [6.07, 6.45) is 8.67. The fourth-order valence-electron chi connectivity index (χ4n) is 4.56. The molecule has 0 saturated heterocycles. The molecule has 1 nitrogen and oxygen atoms in total. The first-order valence-corrected chi connectivity index (χ1v) is 11.5. The molecule has 0 bridgehead atoms. The van der Waals surface area contributed by atoms with E-state index in [-0.39, 0.29) is 0 Å². The molecular weight excluding hydrogens is 394 g/mol. The Bertz CT molecular complexity index is 1390. The van der Waals surface area contributed by atoms with Crippen molar-refractivity contribution in [3.8, 4) is 11.1 Å². The third kappa shape index (κ3) is 3.24. The lowest BCUT2D eigenvalue weighted by molar-refractivity contribution is 0.978. The lowest BCUT2D eigenvalue weighted by Crippen LogP contribution is -1.94. The van der Waals surface area contributed by atoms with Gasteiger partial charge in [0.05, 0.1) is 5.52 Å². The van der Waals surface area contributed by atoms with Gasteiger partial charge < -0.3 is 0 Å². The van der Waals surface area contributed by atoms with E-state index < -0.39 is 0 Å². The van der Waals surface area contributed by atoms with E-state index in [1.807, 2.05) is 24.0 Å². The van der Waals surface area contributed by atoms with Crippen LogP contribution in [0.5, 0.6) is 0 Å². The van der Waals surface area contributed by atoms with Crippen LogP contribution in [0.2, 0.25) is 0 Å². The van der Waals surface area contributed by atoms with Crippen molar-refractivity contribution in [2.24, 2.45) is 0 Å². The maximum Gasteiger partial charge on any atom is 0.0798 e. The molecule has 6 rings (SSSR count). The highest BCUT2D eigenvalue weighted by Gasteiger charge is 2.17. The molecule has 148 valence electrons. The molecule has 5 aromatic rings. The lowest BCUT2D eigenvalue weighted by atomic mass is 9.95. The average molecular weight is 416 g/mol. The fraction of sp³-hybridized carbons (Fsp3) is 0.0690. The monoisotopic (exact) mass is 415 g/mol. The first kappa shape index (κ1) is 18.4. The van der Waals surface area contributed by atoms with Gasteiger partial charge in [0.1, 0.15) is 0 Å². The van der Waals surface area contributed by atoms with Gasteiger partial charge in [-0.3, -0.25) is 4.98 Å². The van der Waals surface area contributed by atoms with Crippen LogP contribution in [0.25, 0.3) is 38.9 Å². The minimum absolute atomic E-state index is 1.07. The molecule has 0 saturated carbocycles. The number of rotatable bonds is 3. The van der Waals surface area contributed by atoms with Crippen LogP contribution in [0, 0.1) is 0 Å². The smallest absolute Gasteiger partial charge is 0.0798 e. The van der Waals surface area contributed by atoms with Gasteiger partial charge in [0.25, 0.3) is 0 Å². The number of fused-ring (bicyclic) bond motifs is 3. The number of aryl methyl sites for hydroxylation is 1. The maximum atomic E-state index is 4.86. The number of allylic oxidation sites excluding steroid dienone is 1. The van der Waals surface area contributed by atoms with Crippen molar-refractivity contribution >= 4 is 39.5 Å². The summed E-state index contributed by atoms with van der Waals surface area (Å²) in [7, 11) is 0. The van der Waals surface area contributed by atoms with Gasteiger partial charge in [0, 0.05) is 26.9 Å². The number of nitrogens with zero attached hydrogens (tertiary/aromatic N) is 1. The zero-order chi connectivity index (χ0) is 20.6. The van der Waals surface area contributed by atoms with E-state index in [2.05, 4.69) is 91.0 Å². The van der Waals surface area contributed by atoms with Gasteiger partial charge in [-0.1, -0.05) is 90.6 Å². The predicted molar refractivity (Wildman–Crippen MR) is 133 cm³/mol. The second-order valence-electron chi connectivity index (χ2n) is 7.92. The van der Waals surface area contributed by atoms with Crippen molar-refractivity contribution < 1.29 is 0 Å². The van der Waals surface area contributed by atoms with Gasteiger partial charge in [-0.2, -0.15) is 0 Å². The van der Waals surface area contributed by atoms with E-state index in [0.29, 0.717) is 0 Å². The molecule has 0 fully saturated rings. The third-order valence-corrected chi connectivity index (χ3v) is 7.14. The number of benzene rings is 4. The van der Waals surface area contributed by atoms with Crippen LogP contribution in [-0.4, -0.2) is 4.98 Å². The Kier molecular flexibility index (Phi) is 4.58. The SMILES string of the molecule is C1=Cc2ccc(Sc3c4ccccc4c(-c4ccccc4)c4ncccc34)cc2CC1. The molecule has 2 heteroatoms. The second-order valence-corrected chi connectivity index (χ2v) is 9.00. The van der Waals surface area contributed by atoms with Gasteiger partial charge in [0.15, 0.2) is 0 Å². The Labute approximate surface area is 186 Å². The highest BCUT2D eigenvalue weighted by atomic mass is 32.2. The topological polar surface area (TPSA) is 12.9 Å². The second kappa shape index (κ2) is 7.72. The Morgan fingerprint density at radius 3 is 2.45 bits per heavy atom. The summed E-state index contributed by atoms with van der Waals surface area (Å²) in [6, 6.07) is 30.5. The number of pyridine rings is 1. The molecule has 0 amide bonds. The Balaban J connectivity index is 1.61. The van der Waals surface area contributed by atoms with Gasteiger partial charge in [0.2, 0.25) is 0 Å². The predicted octanol–water partition coefficient (Wildman–Crippen LogP) is 8.17. The molecule has 0 unspecified atom stereocenters. The van der Waals surface area contributed by atoms with E-state index in [4.69, 9.17) is 4.98 Å². The number of hydrogen-bond donors (Lipinski definition) is 0. The van der Waals surface area contributed by atoms with Crippen LogP contribution < -0.4 is 0 Å². The Morgan fingerprint density at radius 1 is 0.742 bits per heavy atom. The summed E-state index contributed by atoms with van der Waals surface area (Å²) in [5.41, 5.74) is 6.29. The minimum Gasteiger partial charge on any atom is -0.256 e. The fourth-order valence-corrected chi connectivity index (χ4v) is 5.69. The van der Waals surface area contributed by atoms with Gasteiger partial charge in [-0.15, -0.1) is 0 Å². The van der Waals surface area contributed by atoms with Gasteiger partial charge in [-0.25, -0.2) is 0 Å². The van der Waals surface area contributed by atoms with Crippen LogP contribution in [-0.2, 0) is 6.42 Å². The number of aromatic nitrogens is 1. The quantitative estimate of drug-likeness (QED) is 0.276. The molecule has 0 aliphatic heterocycles. The number of hydrogen-bond acceptors (Lipinski definition) is 2. The van der Waals surface area contributed by atoms with Crippen LogP contribution >= 0.6 is 11.8 Å². The zero-order valence-corrected chi connectivity index (χ0v) is 17.9. The summed E-state index contributed by atoms with van der Waals surface area (Å²) in [5.74, 6) is 0. The summed E-state index contributed by atoms with van der Waals surface area (Å²) < 4.78 is 0. The summed E-state index contributed by atoms with van der Waals surface area (Å²) in [5, 5.41) is 3.75. The van der Waals surface area contributed by atoms with E-state index in [9.17, 15) is 0 Å². The van der Waals surface area contributed by atoms with Crippen LogP contribution in [0.1, 0.15) is 17.5 Å². The highest BCUT2D eigenvalue weighted by Crippen LogP contribution is 2.44. The molecule has 0 N–H and O–H groups in total. The lowest BCUT2D eigenvalue weighted by Gasteiger charge is -2.17. The van der Waals surface area contributed by atoms with Crippen molar-refractivity contribution in [2.75, 3.05) is 0 Å². The van der Waals surface area contributed by atoms with Crippen molar-refractivity contribution in [1.29, 1.82) is 0 Å². The van der Waals surface area contributed by atoms with E-state index in [1.165, 1.54) is 48.2 Å². The van der Waals surface area contributed by atoms with Crippen LogP contribution in [0.3, 0.4) is 0 Å². The van der Waals surface area contributed by atoms with Crippen molar-refractivity contribution in [3.63, 3.8) is 0 Å². The molecule has 0 atom stereocenters. The van der Waals surface area contributed by atoms with E-state index in [0.717, 1.165) is 18.4 Å². The molecular formula is C29H21NS. The highest BCUT2D eigenvalue weighted by molar-refractivity contribution is 7.99. The normalized spacial score (nSPS) is 12.9. The van der Waals surface area contributed by atoms with Gasteiger partial charge in [-0.05, 0) is 58.5 Å². The molecule has 1 heterocycles. The minimum atomic E-state index is 1.07. The van der Waals surface area contributed by atoms with Gasteiger partial charge >= 0.3 is 0 Å². The summed E-state index contributed by atoms with van der Waals surface area (Å²) in [4.78, 5) is 7.43. The first-order chi connectivity index (χ1) is 15.4. The van der Waals surface area contributed by atoms with Crippen LogP contribution in [0.15, 0.2) is 107 Å². The zero-order valence-electron chi connectivity index (χ0n) is 17.1. The van der Waals surface area contributed by atoms with Crippen molar-refractivity contribution in [3.05, 3.63) is 108 Å². The first-order valence-electron chi connectivity index (χ1n) is 10.7. The van der Waals surface area contributed by atoms with Crippen molar-refractivity contribution in [2.45, 2.75) is 22.6 Å². The molecule has 1 aromatic heterocycles. The van der Waals surface area contributed by atoms with Crippen LogP contribution in [0.4, 0.5) is 0 Å². The maximum absolute atomic E-state index is 4.86. The standard InChI is InChI=1S/C29H21NS/c1-2-10-21(11-3-1)27-24-13-6-7-14-25(24)29(26-15-8-18-30-28(26)27)31-23-17-16-20-9-4-5-12-22(20)19-23/h1-4,6-11,13-19H,5,12H2. The summed E-state index contributed by atoms with van der Waals surface area (Å²) in [6.45, 7) is 0. The largest absolute Gasteiger partial charge is 0.256 e. The molecule has 31 heavy (non-hydrogen) atoms. The molecule has 4 aromatic carbocycles. The van der Waals surface area contributed by atoms with Crippen molar-refractivity contribution in [1.82, 2.24) is 4.98 Å². The molecule has 0 radical (unpaired) electrons. The Hall–Kier alpha value is -3.36. The van der Waals surface area contributed by atoms with E-state index >= 15 is 0 Å². The van der Waals surface area contributed by atoms with E-state index in [1.54, 1.807) is 0 Å². The third-order valence-electron chi connectivity index (χ3n) is 6.00. The average Bonchev–Trinajstić information content (AvgIpc) is 2.84. The Morgan fingerprint density at radius 2 is 1.55 bits per heavy atom.